The number of rotatable bonds is 6. The molecule has 1 atom stereocenters. The lowest BCUT2D eigenvalue weighted by atomic mass is 10.1. The summed E-state index contributed by atoms with van der Waals surface area (Å²) in [7, 11) is 0. The average molecular weight is 268 g/mol. The Morgan fingerprint density at radius 3 is 3.00 bits per heavy atom. The largest absolute Gasteiger partial charge is 0.383 e. The number of nitro benzene ring substituents is 1. The van der Waals surface area contributed by atoms with Crippen LogP contribution >= 0.6 is 0 Å². The number of non-ortho nitro benzene ring substituents is 1. The van der Waals surface area contributed by atoms with Gasteiger partial charge in [0.2, 0.25) is 0 Å². The predicted molar refractivity (Wildman–Crippen MR) is 69.8 cm³/mol. The van der Waals surface area contributed by atoms with Crippen LogP contribution in [0, 0.1) is 15.9 Å². The monoisotopic (exact) mass is 268 g/mol. The van der Waals surface area contributed by atoms with E-state index >= 15 is 0 Å². The zero-order valence-electron chi connectivity index (χ0n) is 10.6. The summed E-state index contributed by atoms with van der Waals surface area (Å²) in [6.45, 7) is 1.48. The van der Waals surface area contributed by atoms with E-state index in [0.29, 0.717) is 18.3 Å². The van der Waals surface area contributed by atoms with Gasteiger partial charge in [-0.1, -0.05) is 0 Å². The molecule has 1 unspecified atom stereocenters. The van der Waals surface area contributed by atoms with Crippen molar-refractivity contribution in [2.24, 2.45) is 0 Å². The molecule has 1 fully saturated rings. The van der Waals surface area contributed by atoms with Crippen LogP contribution in [0.25, 0.3) is 0 Å². The molecule has 1 aliphatic rings. The van der Waals surface area contributed by atoms with Crippen molar-refractivity contribution < 1.29 is 14.1 Å². The van der Waals surface area contributed by atoms with E-state index in [2.05, 4.69) is 5.32 Å². The molecule has 5 nitrogen and oxygen atoms in total. The molecule has 1 heterocycles. The zero-order valence-corrected chi connectivity index (χ0v) is 10.6. The number of nitro groups is 1. The van der Waals surface area contributed by atoms with Crippen LogP contribution in [0.5, 0.6) is 0 Å². The number of nitrogens with one attached hydrogen (secondary N) is 1. The van der Waals surface area contributed by atoms with Crippen LogP contribution in [0.2, 0.25) is 0 Å². The van der Waals surface area contributed by atoms with E-state index < -0.39 is 10.7 Å². The lowest BCUT2D eigenvalue weighted by molar-refractivity contribution is -0.385. The van der Waals surface area contributed by atoms with E-state index in [9.17, 15) is 14.5 Å². The first-order valence-electron chi connectivity index (χ1n) is 6.46. The molecule has 0 aromatic heterocycles. The van der Waals surface area contributed by atoms with Gasteiger partial charge in [0.15, 0.2) is 5.82 Å². The van der Waals surface area contributed by atoms with Gasteiger partial charge in [-0.05, 0) is 31.7 Å². The Kier molecular flexibility index (Phi) is 4.68. The Morgan fingerprint density at radius 1 is 1.53 bits per heavy atom. The minimum atomic E-state index is -0.607. The van der Waals surface area contributed by atoms with Crippen molar-refractivity contribution in [3.8, 4) is 0 Å². The van der Waals surface area contributed by atoms with Gasteiger partial charge in [-0.2, -0.15) is 0 Å². The maximum Gasteiger partial charge on any atom is 0.272 e. The van der Waals surface area contributed by atoms with Gasteiger partial charge in [0, 0.05) is 19.2 Å². The number of nitrogens with zero attached hydrogens (tertiary/aromatic N) is 1. The van der Waals surface area contributed by atoms with E-state index in [4.69, 9.17) is 4.74 Å². The highest BCUT2D eigenvalue weighted by molar-refractivity contribution is 5.49. The van der Waals surface area contributed by atoms with Crippen molar-refractivity contribution in [3.63, 3.8) is 0 Å². The topological polar surface area (TPSA) is 64.4 Å². The van der Waals surface area contributed by atoms with Crippen LogP contribution in [-0.4, -0.2) is 24.2 Å². The maximum atomic E-state index is 13.5. The molecule has 0 spiro atoms. The van der Waals surface area contributed by atoms with Crippen molar-refractivity contribution in [2.75, 3.05) is 18.5 Å². The van der Waals surface area contributed by atoms with Crippen molar-refractivity contribution >= 4 is 11.4 Å². The first kappa shape index (κ1) is 13.7. The van der Waals surface area contributed by atoms with E-state index in [1.807, 2.05) is 0 Å². The molecule has 0 amide bonds. The molecule has 1 N–H and O–H groups in total. The molecular formula is C13H17FN2O3. The molecule has 0 radical (unpaired) electrons. The van der Waals surface area contributed by atoms with Gasteiger partial charge in [-0.25, -0.2) is 4.39 Å². The van der Waals surface area contributed by atoms with Gasteiger partial charge in [0.05, 0.1) is 22.8 Å². The minimum absolute atomic E-state index is 0.234. The van der Waals surface area contributed by atoms with Gasteiger partial charge in [-0.3, -0.25) is 10.1 Å². The smallest absolute Gasteiger partial charge is 0.272 e. The fourth-order valence-corrected chi connectivity index (χ4v) is 2.19. The number of anilines is 1. The highest BCUT2D eigenvalue weighted by Gasteiger charge is 2.15. The molecule has 19 heavy (non-hydrogen) atoms. The second-order valence-corrected chi connectivity index (χ2v) is 4.63. The Hall–Kier alpha value is -1.69. The van der Waals surface area contributed by atoms with Crippen LogP contribution in [0.15, 0.2) is 18.2 Å². The van der Waals surface area contributed by atoms with Crippen molar-refractivity contribution in [3.05, 3.63) is 34.1 Å². The van der Waals surface area contributed by atoms with Crippen LogP contribution in [-0.2, 0) is 4.74 Å². The summed E-state index contributed by atoms with van der Waals surface area (Å²) < 4.78 is 19.0. The summed E-state index contributed by atoms with van der Waals surface area (Å²) in [4.78, 5) is 9.87. The van der Waals surface area contributed by atoms with Crippen LogP contribution in [0.4, 0.5) is 15.8 Å². The molecule has 0 saturated carbocycles. The van der Waals surface area contributed by atoms with E-state index in [-0.39, 0.29) is 5.69 Å². The molecule has 104 valence electrons. The third-order valence-electron chi connectivity index (χ3n) is 3.21. The fourth-order valence-electron chi connectivity index (χ4n) is 2.19. The third kappa shape index (κ3) is 3.89. The van der Waals surface area contributed by atoms with Gasteiger partial charge < -0.3 is 10.1 Å². The van der Waals surface area contributed by atoms with Gasteiger partial charge in [-0.15, -0.1) is 0 Å². The fraction of sp³-hybridized carbons (Fsp3) is 0.538. The second-order valence-electron chi connectivity index (χ2n) is 4.63. The van der Waals surface area contributed by atoms with Gasteiger partial charge in [0.1, 0.15) is 0 Å². The third-order valence-corrected chi connectivity index (χ3v) is 3.21. The minimum Gasteiger partial charge on any atom is -0.383 e. The average Bonchev–Trinajstić information content (AvgIpc) is 2.89. The molecule has 2 rings (SSSR count). The number of ether oxygens (including phenoxy) is 1. The number of benzene rings is 1. The zero-order chi connectivity index (χ0) is 13.7. The SMILES string of the molecule is O=[N+]([O-])c1ccc(NCCCC2CCCO2)c(F)c1. The van der Waals surface area contributed by atoms with Crippen LogP contribution in [0.1, 0.15) is 25.7 Å². The summed E-state index contributed by atoms with van der Waals surface area (Å²) in [5, 5.41) is 13.4. The summed E-state index contributed by atoms with van der Waals surface area (Å²) >= 11 is 0. The lowest BCUT2D eigenvalue weighted by Gasteiger charge is -2.10. The number of halogens is 1. The van der Waals surface area contributed by atoms with Crippen LogP contribution in [0.3, 0.4) is 0 Å². The van der Waals surface area contributed by atoms with Crippen LogP contribution < -0.4 is 5.32 Å². The molecule has 0 bridgehead atoms. The summed E-state index contributed by atoms with van der Waals surface area (Å²) in [6, 6.07) is 3.63. The normalized spacial score (nSPS) is 18.5. The predicted octanol–water partition coefficient (Wildman–Crippen LogP) is 3.11. The molecule has 1 saturated heterocycles. The van der Waals surface area contributed by atoms with E-state index in [1.54, 1.807) is 0 Å². The van der Waals surface area contributed by atoms with Crippen molar-refractivity contribution in [2.45, 2.75) is 31.8 Å². The molecule has 1 aromatic rings. The van der Waals surface area contributed by atoms with E-state index in [1.165, 1.54) is 12.1 Å². The lowest BCUT2D eigenvalue weighted by Crippen LogP contribution is -2.09. The second kappa shape index (κ2) is 6.47. The number of hydrogen-bond acceptors (Lipinski definition) is 4. The quantitative estimate of drug-likeness (QED) is 0.489. The summed E-state index contributed by atoms with van der Waals surface area (Å²) in [5.74, 6) is -0.591. The first-order valence-corrected chi connectivity index (χ1v) is 6.46. The first-order chi connectivity index (χ1) is 9.16. The molecule has 6 heteroatoms. The molecule has 1 aromatic carbocycles. The standard InChI is InChI=1S/C13H17FN2O3/c14-12-9-10(16(17)18)5-6-13(12)15-7-1-3-11-4-2-8-19-11/h5-6,9,11,15H,1-4,7-8H2. The molecule has 0 aliphatic carbocycles. The van der Waals surface area contributed by atoms with Crippen molar-refractivity contribution in [1.29, 1.82) is 0 Å². The van der Waals surface area contributed by atoms with Crippen molar-refractivity contribution in [1.82, 2.24) is 0 Å². The van der Waals surface area contributed by atoms with Gasteiger partial charge >= 0.3 is 0 Å². The van der Waals surface area contributed by atoms with Gasteiger partial charge in [0.25, 0.3) is 5.69 Å². The Labute approximate surface area is 110 Å². The Balaban J connectivity index is 1.77. The molecule has 1 aliphatic heterocycles. The van der Waals surface area contributed by atoms with E-state index in [0.717, 1.165) is 38.4 Å². The maximum absolute atomic E-state index is 13.5. The summed E-state index contributed by atoms with van der Waals surface area (Å²) in [5.41, 5.74) is 0.0698. The Morgan fingerprint density at radius 2 is 2.37 bits per heavy atom. The number of hydrogen-bond donors (Lipinski definition) is 1. The highest BCUT2D eigenvalue weighted by atomic mass is 19.1. The summed E-state index contributed by atoms with van der Waals surface area (Å²) in [6.07, 6.45) is 4.41. The Bertz CT molecular complexity index is 448. The molecular weight excluding hydrogens is 251 g/mol. The highest BCUT2D eigenvalue weighted by Crippen LogP contribution is 2.21.